The molecule has 0 aliphatic carbocycles. The lowest BCUT2D eigenvalue weighted by molar-refractivity contribution is -0.143. The largest absolute Gasteiger partial charge is 0.468 e. The lowest BCUT2D eigenvalue weighted by atomic mass is 10.2. The van der Waals surface area contributed by atoms with Gasteiger partial charge >= 0.3 is 5.97 Å². The summed E-state index contributed by atoms with van der Waals surface area (Å²) in [4.78, 5) is 12.2. The first-order valence-corrected chi connectivity index (χ1v) is 7.36. The van der Waals surface area contributed by atoms with Crippen molar-refractivity contribution in [1.29, 1.82) is 0 Å². The molecule has 0 bridgehead atoms. The number of methoxy groups -OCH3 is 1. The van der Waals surface area contributed by atoms with Crippen LogP contribution in [0.3, 0.4) is 0 Å². The minimum Gasteiger partial charge on any atom is -0.468 e. The fraction of sp³-hybridized carbons (Fsp3) is 0.500. The van der Waals surface area contributed by atoms with E-state index in [1.54, 1.807) is 18.2 Å². The molecule has 0 aromatic heterocycles. The summed E-state index contributed by atoms with van der Waals surface area (Å²) >= 11 is 1.41. The molecule has 1 aromatic carbocycles. The Bertz CT molecular complexity index is 401. The van der Waals surface area contributed by atoms with Crippen LogP contribution in [0, 0.1) is 5.82 Å². The van der Waals surface area contributed by atoms with E-state index in [2.05, 4.69) is 5.32 Å². The molecule has 0 aliphatic rings. The van der Waals surface area contributed by atoms with Crippen molar-refractivity contribution in [2.45, 2.75) is 30.7 Å². The zero-order valence-corrected chi connectivity index (χ0v) is 12.1. The van der Waals surface area contributed by atoms with Crippen LogP contribution in [-0.4, -0.2) is 31.4 Å². The number of hydrogen-bond acceptors (Lipinski definition) is 4. The zero-order chi connectivity index (χ0) is 14.1. The van der Waals surface area contributed by atoms with Gasteiger partial charge in [0, 0.05) is 10.6 Å². The number of carbonyl (C=O) groups excluding carboxylic acids is 1. The molecule has 0 saturated heterocycles. The Balaban J connectivity index is 2.43. The highest BCUT2D eigenvalue weighted by Crippen LogP contribution is 2.22. The Morgan fingerprint density at radius 3 is 2.84 bits per heavy atom. The Morgan fingerprint density at radius 2 is 2.21 bits per heavy atom. The molecule has 19 heavy (non-hydrogen) atoms. The minimum absolute atomic E-state index is 0.219. The van der Waals surface area contributed by atoms with E-state index < -0.39 is 0 Å². The van der Waals surface area contributed by atoms with Crippen LogP contribution in [0.5, 0.6) is 0 Å². The van der Waals surface area contributed by atoms with E-state index >= 15 is 0 Å². The molecule has 3 nitrogen and oxygen atoms in total. The van der Waals surface area contributed by atoms with Crippen molar-refractivity contribution in [3.05, 3.63) is 30.1 Å². The lowest BCUT2D eigenvalue weighted by Crippen LogP contribution is -2.38. The number of hydrogen-bond donors (Lipinski definition) is 1. The minimum atomic E-state index is -0.316. The predicted molar refractivity (Wildman–Crippen MR) is 75.8 cm³/mol. The third kappa shape index (κ3) is 5.61. The number of nitrogens with one attached hydrogen (secondary N) is 1. The monoisotopic (exact) mass is 285 g/mol. The van der Waals surface area contributed by atoms with E-state index in [4.69, 9.17) is 4.74 Å². The quantitative estimate of drug-likeness (QED) is 0.589. The molecule has 106 valence electrons. The molecule has 1 N–H and O–H groups in total. The van der Waals surface area contributed by atoms with Gasteiger partial charge in [0.15, 0.2) is 0 Å². The second-order valence-electron chi connectivity index (χ2n) is 4.10. The summed E-state index contributed by atoms with van der Waals surface area (Å²) in [7, 11) is 1.38. The van der Waals surface area contributed by atoms with Gasteiger partial charge in [-0.25, -0.2) is 4.39 Å². The number of esters is 1. The molecule has 5 heteroatoms. The maximum Gasteiger partial charge on any atom is 0.322 e. The van der Waals surface area contributed by atoms with E-state index in [9.17, 15) is 9.18 Å². The van der Waals surface area contributed by atoms with Gasteiger partial charge < -0.3 is 10.1 Å². The maximum atomic E-state index is 13.4. The number of halogens is 1. The highest BCUT2D eigenvalue weighted by Gasteiger charge is 2.17. The van der Waals surface area contributed by atoms with Crippen LogP contribution < -0.4 is 5.32 Å². The van der Waals surface area contributed by atoms with Gasteiger partial charge in [-0.05, 0) is 31.5 Å². The van der Waals surface area contributed by atoms with Crippen LogP contribution in [0.2, 0.25) is 0 Å². The smallest absolute Gasteiger partial charge is 0.322 e. The van der Waals surface area contributed by atoms with E-state index in [1.165, 1.54) is 24.9 Å². The number of thioether (sulfide) groups is 1. The second kappa shape index (κ2) is 8.93. The third-order valence-corrected chi connectivity index (χ3v) is 3.71. The number of benzene rings is 1. The van der Waals surface area contributed by atoms with Crippen molar-refractivity contribution in [3.63, 3.8) is 0 Å². The molecule has 1 aromatic rings. The Kier molecular flexibility index (Phi) is 7.52. The van der Waals surface area contributed by atoms with Gasteiger partial charge in [-0.1, -0.05) is 19.1 Å². The van der Waals surface area contributed by atoms with Gasteiger partial charge in [-0.2, -0.15) is 0 Å². The Hall–Kier alpha value is -1.07. The first-order chi connectivity index (χ1) is 9.19. The number of ether oxygens (including phenoxy) is 1. The third-order valence-electron chi connectivity index (χ3n) is 2.63. The average molecular weight is 285 g/mol. The van der Waals surface area contributed by atoms with Crippen LogP contribution in [0.1, 0.15) is 19.8 Å². The molecule has 1 rings (SSSR count). The average Bonchev–Trinajstić information content (AvgIpc) is 2.43. The maximum absolute atomic E-state index is 13.4. The standard InChI is InChI=1S/C14H20FNO2S/c1-3-9-16-12(14(17)18-2)8-10-19-13-7-5-4-6-11(13)15/h4-7,12,16H,3,8-10H2,1-2H3. The van der Waals surface area contributed by atoms with Crippen LogP contribution >= 0.6 is 11.8 Å². The van der Waals surface area contributed by atoms with E-state index in [-0.39, 0.29) is 17.8 Å². The zero-order valence-electron chi connectivity index (χ0n) is 11.3. The summed E-state index contributed by atoms with van der Waals surface area (Å²) in [5.41, 5.74) is 0. The lowest BCUT2D eigenvalue weighted by Gasteiger charge is -2.15. The summed E-state index contributed by atoms with van der Waals surface area (Å²) < 4.78 is 18.2. The van der Waals surface area contributed by atoms with Crippen molar-refractivity contribution in [3.8, 4) is 0 Å². The summed E-state index contributed by atoms with van der Waals surface area (Å²) in [6.07, 6.45) is 1.57. The number of carbonyl (C=O) groups is 1. The molecule has 0 fully saturated rings. The first-order valence-electron chi connectivity index (χ1n) is 6.37. The molecule has 0 saturated carbocycles. The topological polar surface area (TPSA) is 38.3 Å². The van der Waals surface area contributed by atoms with Crippen molar-refractivity contribution in [2.75, 3.05) is 19.4 Å². The Morgan fingerprint density at radius 1 is 1.47 bits per heavy atom. The molecule has 0 radical (unpaired) electrons. The molecular formula is C14H20FNO2S. The van der Waals surface area contributed by atoms with Gasteiger partial charge in [0.1, 0.15) is 11.9 Å². The Labute approximate surface area is 117 Å². The van der Waals surface area contributed by atoms with Crippen LogP contribution in [0.4, 0.5) is 4.39 Å². The van der Waals surface area contributed by atoms with Crippen molar-refractivity contribution in [1.82, 2.24) is 5.32 Å². The summed E-state index contributed by atoms with van der Waals surface area (Å²) in [5.74, 6) is 0.184. The SMILES string of the molecule is CCCNC(CCSc1ccccc1F)C(=O)OC. The predicted octanol–water partition coefficient (Wildman–Crippen LogP) is 2.85. The molecular weight excluding hydrogens is 265 g/mol. The highest BCUT2D eigenvalue weighted by molar-refractivity contribution is 7.99. The van der Waals surface area contributed by atoms with Crippen LogP contribution in [-0.2, 0) is 9.53 Å². The summed E-state index contributed by atoms with van der Waals surface area (Å²) in [5, 5.41) is 3.14. The fourth-order valence-electron chi connectivity index (χ4n) is 1.61. The van der Waals surface area contributed by atoms with Gasteiger partial charge in [-0.15, -0.1) is 11.8 Å². The summed E-state index contributed by atoms with van der Waals surface area (Å²) in [6, 6.07) is 6.34. The number of rotatable bonds is 8. The first kappa shape index (κ1) is 16.0. The molecule has 1 atom stereocenters. The van der Waals surface area contributed by atoms with E-state index in [0.717, 1.165) is 13.0 Å². The summed E-state index contributed by atoms with van der Waals surface area (Å²) in [6.45, 7) is 2.81. The molecule has 1 unspecified atom stereocenters. The normalized spacial score (nSPS) is 12.2. The van der Waals surface area contributed by atoms with E-state index in [0.29, 0.717) is 17.1 Å². The van der Waals surface area contributed by atoms with Crippen molar-refractivity contribution >= 4 is 17.7 Å². The van der Waals surface area contributed by atoms with Gasteiger partial charge in [0.25, 0.3) is 0 Å². The molecule has 0 spiro atoms. The van der Waals surface area contributed by atoms with Gasteiger partial charge in [-0.3, -0.25) is 4.79 Å². The highest BCUT2D eigenvalue weighted by atomic mass is 32.2. The van der Waals surface area contributed by atoms with Crippen molar-refractivity contribution in [2.24, 2.45) is 0 Å². The van der Waals surface area contributed by atoms with Gasteiger partial charge in [0.05, 0.1) is 7.11 Å². The molecule has 0 amide bonds. The second-order valence-corrected chi connectivity index (χ2v) is 5.23. The molecule has 0 aliphatic heterocycles. The van der Waals surface area contributed by atoms with Crippen LogP contribution in [0.25, 0.3) is 0 Å². The van der Waals surface area contributed by atoms with Crippen LogP contribution in [0.15, 0.2) is 29.2 Å². The van der Waals surface area contributed by atoms with Crippen molar-refractivity contribution < 1.29 is 13.9 Å². The van der Waals surface area contributed by atoms with E-state index in [1.807, 2.05) is 6.92 Å². The van der Waals surface area contributed by atoms with Gasteiger partial charge in [0.2, 0.25) is 0 Å². The fourth-order valence-corrected chi connectivity index (χ4v) is 2.57. The molecule has 0 heterocycles.